The van der Waals surface area contributed by atoms with Crippen LogP contribution in [0.15, 0.2) is 23.1 Å². The zero-order valence-electron chi connectivity index (χ0n) is 11.8. The standard InChI is InChI=1S/C13H12F3NO5S/c1-23(21,22)7-2-3-8-9(4-7)10(5-11(18)19)17(12(8)20)6-13(14,15)16/h2-4,10H,5-6H2,1H3,(H,18,19). The average molecular weight is 351 g/mol. The first kappa shape index (κ1) is 17.3. The van der Waals surface area contributed by atoms with Gasteiger partial charge in [0.05, 0.1) is 17.4 Å². The van der Waals surface area contributed by atoms with Crippen LogP contribution in [-0.2, 0) is 14.6 Å². The lowest BCUT2D eigenvalue weighted by atomic mass is 10.0. The molecule has 0 saturated carbocycles. The summed E-state index contributed by atoms with van der Waals surface area (Å²) in [7, 11) is -3.65. The number of halogens is 3. The number of carboxylic acid groups (broad SMARTS) is 1. The maximum Gasteiger partial charge on any atom is 0.406 e. The molecule has 10 heteroatoms. The van der Waals surface area contributed by atoms with Gasteiger partial charge in [-0.2, -0.15) is 13.2 Å². The Bertz CT molecular complexity index is 772. The minimum absolute atomic E-state index is 0.0235. The highest BCUT2D eigenvalue weighted by atomic mass is 32.2. The van der Waals surface area contributed by atoms with E-state index in [2.05, 4.69) is 0 Å². The molecule has 1 heterocycles. The number of hydrogen-bond acceptors (Lipinski definition) is 4. The van der Waals surface area contributed by atoms with Gasteiger partial charge in [-0.25, -0.2) is 8.42 Å². The molecule has 0 spiro atoms. The highest BCUT2D eigenvalue weighted by molar-refractivity contribution is 7.90. The van der Waals surface area contributed by atoms with Gasteiger partial charge in [-0.05, 0) is 23.8 Å². The van der Waals surface area contributed by atoms with Gasteiger partial charge in [-0.15, -0.1) is 0 Å². The third kappa shape index (κ3) is 3.63. The zero-order valence-corrected chi connectivity index (χ0v) is 12.6. The summed E-state index contributed by atoms with van der Waals surface area (Å²) in [6.45, 7) is -1.60. The van der Waals surface area contributed by atoms with Gasteiger partial charge in [-0.3, -0.25) is 9.59 Å². The first-order valence-electron chi connectivity index (χ1n) is 6.33. The molecular formula is C13H12F3NO5S. The normalized spacial score (nSPS) is 18.2. The summed E-state index contributed by atoms with van der Waals surface area (Å²) in [5.41, 5.74) is -0.141. The van der Waals surface area contributed by atoms with Crippen LogP contribution in [0.3, 0.4) is 0 Å². The van der Waals surface area contributed by atoms with Gasteiger partial charge in [0.15, 0.2) is 9.84 Å². The Morgan fingerprint density at radius 3 is 2.43 bits per heavy atom. The molecule has 1 N–H and O–H groups in total. The molecule has 0 aromatic heterocycles. The quantitative estimate of drug-likeness (QED) is 0.890. The summed E-state index contributed by atoms with van der Waals surface area (Å²) < 4.78 is 61.1. The number of rotatable bonds is 4. The van der Waals surface area contributed by atoms with Crippen molar-refractivity contribution in [3.05, 3.63) is 29.3 Å². The summed E-state index contributed by atoms with van der Waals surface area (Å²) in [5.74, 6) is -2.36. The molecule has 1 aromatic carbocycles. The third-order valence-electron chi connectivity index (χ3n) is 3.40. The fraction of sp³-hybridized carbons (Fsp3) is 0.385. The van der Waals surface area contributed by atoms with Crippen molar-refractivity contribution in [2.45, 2.75) is 23.5 Å². The van der Waals surface area contributed by atoms with Gasteiger partial charge in [0, 0.05) is 11.8 Å². The lowest BCUT2D eigenvalue weighted by Gasteiger charge is -2.25. The molecule has 1 aromatic rings. The Morgan fingerprint density at radius 2 is 1.96 bits per heavy atom. The molecule has 1 atom stereocenters. The van der Waals surface area contributed by atoms with Crippen molar-refractivity contribution in [1.29, 1.82) is 0 Å². The van der Waals surface area contributed by atoms with Crippen molar-refractivity contribution in [2.75, 3.05) is 12.8 Å². The maximum atomic E-state index is 12.6. The number of alkyl halides is 3. The van der Waals surface area contributed by atoms with Gasteiger partial charge in [0.25, 0.3) is 5.91 Å². The Labute approximate surface area is 129 Å². The van der Waals surface area contributed by atoms with Crippen LogP contribution in [-0.4, -0.2) is 49.3 Å². The number of sulfone groups is 1. The van der Waals surface area contributed by atoms with Crippen LogP contribution in [0.1, 0.15) is 28.4 Å². The van der Waals surface area contributed by atoms with Crippen LogP contribution < -0.4 is 0 Å². The average Bonchev–Trinajstić information content (AvgIpc) is 2.61. The Morgan fingerprint density at radius 1 is 1.35 bits per heavy atom. The molecule has 0 aliphatic carbocycles. The predicted molar refractivity (Wildman–Crippen MR) is 71.6 cm³/mol. The van der Waals surface area contributed by atoms with E-state index in [1.54, 1.807) is 0 Å². The van der Waals surface area contributed by atoms with E-state index < -0.39 is 46.9 Å². The van der Waals surface area contributed by atoms with Crippen molar-refractivity contribution < 1.29 is 36.3 Å². The van der Waals surface area contributed by atoms with Crippen LogP contribution in [0.4, 0.5) is 13.2 Å². The zero-order chi connectivity index (χ0) is 17.6. The van der Waals surface area contributed by atoms with E-state index in [0.29, 0.717) is 4.90 Å². The number of nitrogens with zero attached hydrogens (tertiary/aromatic N) is 1. The topological polar surface area (TPSA) is 91.8 Å². The van der Waals surface area contributed by atoms with Crippen molar-refractivity contribution in [3.63, 3.8) is 0 Å². The van der Waals surface area contributed by atoms with Crippen LogP contribution in [0.25, 0.3) is 0 Å². The second kappa shape index (κ2) is 5.52. The van der Waals surface area contributed by atoms with E-state index in [-0.39, 0.29) is 16.0 Å². The number of amides is 1. The highest BCUT2D eigenvalue weighted by Gasteiger charge is 2.44. The van der Waals surface area contributed by atoms with Crippen molar-refractivity contribution >= 4 is 21.7 Å². The number of fused-ring (bicyclic) bond motifs is 1. The molecular weight excluding hydrogens is 339 g/mol. The van der Waals surface area contributed by atoms with E-state index in [0.717, 1.165) is 24.5 Å². The summed E-state index contributed by atoms with van der Waals surface area (Å²) >= 11 is 0. The lowest BCUT2D eigenvalue weighted by Crippen LogP contribution is -2.37. The molecule has 0 bridgehead atoms. The van der Waals surface area contributed by atoms with E-state index in [9.17, 15) is 31.2 Å². The van der Waals surface area contributed by atoms with Crippen molar-refractivity contribution in [2.24, 2.45) is 0 Å². The largest absolute Gasteiger partial charge is 0.481 e. The van der Waals surface area contributed by atoms with E-state index in [1.165, 1.54) is 0 Å². The highest BCUT2D eigenvalue weighted by Crippen LogP contribution is 2.39. The van der Waals surface area contributed by atoms with Crippen molar-refractivity contribution in [3.8, 4) is 0 Å². The molecule has 2 rings (SSSR count). The van der Waals surface area contributed by atoms with Crippen LogP contribution in [0.2, 0.25) is 0 Å². The number of aliphatic carboxylic acids is 1. The summed E-state index contributed by atoms with van der Waals surface area (Å²) in [5, 5.41) is 8.89. The van der Waals surface area contributed by atoms with Crippen LogP contribution in [0.5, 0.6) is 0 Å². The number of carbonyl (C=O) groups excluding carboxylic acids is 1. The minimum Gasteiger partial charge on any atom is -0.481 e. The Kier molecular flexibility index (Phi) is 4.14. The molecule has 1 aliphatic heterocycles. The van der Waals surface area contributed by atoms with E-state index in [4.69, 9.17) is 5.11 Å². The molecule has 0 saturated heterocycles. The Balaban J connectivity index is 2.54. The van der Waals surface area contributed by atoms with E-state index in [1.807, 2.05) is 0 Å². The smallest absolute Gasteiger partial charge is 0.406 e. The van der Waals surface area contributed by atoms with Gasteiger partial charge >= 0.3 is 12.1 Å². The molecule has 1 aliphatic rings. The lowest BCUT2D eigenvalue weighted by molar-refractivity contribution is -0.149. The predicted octanol–water partition coefficient (Wildman–Crippen LogP) is 1.62. The number of hydrogen-bond donors (Lipinski definition) is 1. The maximum absolute atomic E-state index is 12.6. The monoisotopic (exact) mass is 351 g/mol. The van der Waals surface area contributed by atoms with E-state index >= 15 is 0 Å². The fourth-order valence-electron chi connectivity index (χ4n) is 2.47. The molecule has 1 amide bonds. The number of carbonyl (C=O) groups is 2. The number of benzene rings is 1. The van der Waals surface area contributed by atoms with Gasteiger partial charge in [0.2, 0.25) is 0 Å². The SMILES string of the molecule is CS(=O)(=O)c1ccc2c(c1)C(CC(=O)O)N(CC(F)(F)F)C2=O. The molecule has 126 valence electrons. The molecule has 0 radical (unpaired) electrons. The summed E-state index contributed by atoms with van der Waals surface area (Å²) in [6, 6.07) is 1.92. The second-order valence-electron chi connectivity index (χ2n) is 5.18. The third-order valence-corrected chi connectivity index (χ3v) is 4.51. The van der Waals surface area contributed by atoms with Gasteiger partial charge < -0.3 is 10.0 Å². The van der Waals surface area contributed by atoms with Crippen LogP contribution in [0, 0.1) is 0 Å². The summed E-state index contributed by atoms with van der Waals surface area (Å²) in [6.07, 6.45) is -4.54. The number of carboxylic acids is 1. The molecule has 0 fully saturated rings. The first-order valence-corrected chi connectivity index (χ1v) is 8.23. The molecule has 6 nitrogen and oxygen atoms in total. The van der Waals surface area contributed by atoms with Crippen LogP contribution >= 0.6 is 0 Å². The van der Waals surface area contributed by atoms with Gasteiger partial charge in [-0.1, -0.05) is 0 Å². The second-order valence-corrected chi connectivity index (χ2v) is 7.20. The Hall–Kier alpha value is -2.10. The molecule has 1 unspecified atom stereocenters. The molecule has 23 heavy (non-hydrogen) atoms. The van der Waals surface area contributed by atoms with Gasteiger partial charge in [0.1, 0.15) is 6.54 Å². The first-order chi connectivity index (χ1) is 10.4. The summed E-state index contributed by atoms with van der Waals surface area (Å²) in [4.78, 5) is 23.3. The fourth-order valence-corrected chi connectivity index (χ4v) is 3.12. The van der Waals surface area contributed by atoms with Crippen molar-refractivity contribution in [1.82, 2.24) is 4.90 Å². The minimum atomic E-state index is -4.70.